The molecule has 0 aliphatic carbocycles. The molecule has 0 saturated carbocycles. The van der Waals surface area contributed by atoms with Gasteiger partial charge in [0.1, 0.15) is 0 Å². The molecule has 3 nitrogen and oxygen atoms in total. The maximum Gasteiger partial charge on any atom is 0.0968 e. The van der Waals surface area contributed by atoms with Crippen LogP contribution in [0.15, 0.2) is 0 Å². The lowest BCUT2D eigenvalue weighted by molar-refractivity contribution is 0.0827. The molecule has 1 rings (SSSR count). The van der Waals surface area contributed by atoms with Crippen LogP contribution in [-0.2, 0) is 9.47 Å². The molecular formula is C14H33NO2. The first kappa shape index (κ1) is 19.2. The Kier molecular flexibility index (Phi) is 15.8. The minimum atomic E-state index is 0. The van der Waals surface area contributed by atoms with Crippen LogP contribution in [0.1, 0.15) is 59.8 Å². The van der Waals surface area contributed by atoms with Crippen LogP contribution in [0.4, 0.5) is 0 Å². The fraction of sp³-hybridized carbons (Fsp3) is 1.00. The van der Waals surface area contributed by atoms with E-state index in [-0.39, 0.29) is 14.9 Å². The van der Waals surface area contributed by atoms with E-state index in [2.05, 4.69) is 5.32 Å². The molecule has 0 aromatic rings. The van der Waals surface area contributed by atoms with Gasteiger partial charge >= 0.3 is 0 Å². The molecule has 1 N–H and O–H groups in total. The minimum absolute atomic E-state index is 0. The number of methoxy groups -OCH3 is 1. The van der Waals surface area contributed by atoms with E-state index >= 15 is 0 Å². The molecule has 1 atom stereocenters. The average Bonchev–Trinajstić information content (AvgIpc) is 2.22. The second-order valence-corrected chi connectivity index (χ2v) is 4.32. The van der Waals surface area contributed by atoms with Crippen molar-refractivity contribution < 1.29 is 9.47 Å². The average molecular weight is 247 g/mol. The second-order valence-electron chi connectivity index (χ2n) is 4.32. The first-order chi connectivity index (χ1) is 7.43. The Morgan fingerprint density at radius 3 is 2.41 bits per heavy atom. The first-order valence-electron chi connectivity index (χ1n) is 6.23. The van der Waals surface area contributed by atoms with Crippen molar-refractivity contribution in [2.24, 2.45) is 0 Å². The van der Waals surface area contributed by atoms with Gasteiger partial charge in [-0.15, -0.1) is 0 Å². The maximum atomic E-state index is 5.52. The van der Waals surface area contributed by atoms with Crippen LogP contribution in [0.3, 0.4) is 0 Å². The number of nitrogens with one attached hydrogen (secondary N) is 1. The van der Waals surface area contributed by atoms with Gasteiger partial charge in [0, 0.05) is 19.8 Å². The van der Waals surface area contributed by atoms with Crippen molar-refractivity contribution in [1.29, 1.82) is 0 Å². The molecule has 0 bridgehead atoms. The Hall–Kier alpha value is -0.120. The molecule has 1 aliphatic heterocycles. The number of hydrogen-bond acceptors (Lipinski definition) is 3. The normalized spacial score (nSPS) is 23.5. The molecule has 1 unspecified atom stereocenters. The summed E-state index contributed by atoms with van der Waals surface area (Å²) in [4.78, 5) is 0. The van der Waals surface area contributed by atoms with Gasteiger partial charge in [0.05, 0.1) is 13.3 Å². The van der Waals surface area contributed by atoms with E-state index in [4.69, 9.17) is 9.47 Å². The molecule has 0 spiro atoms. The molecule has 3 heteroatoms. The number of hydrogen-bond donors (Lipinski definition) is 1. The van der Waals surface area contributed by atoms with Crippen LogP contribution in [0.5, 0.6) is 0 Å². The highest BCUT2D eigenvalue weighted by molar-refractivity contribution is 4.64. The van der Waals surface area contributed by atoms with E-state index in [9.17, 15) is 0 Å². The second kappa shape index (κ2) is 13.9. The van der Waals surface area contributed by atoms with Crippen LogP contribution in [-0.4, -0.2) is 33.1 Å². The van der Waals surface area contributed by atoms with Crippen molar-refractivity contribution in [3.8, 4) is 0 Å². The summed E-state index contributed by atoms with van der Waals surface area (Å²) in [5.41, 5.74) is 0. The Morgan fingerprint density at radius 2 is 1.71 bits per heavy atom. The topological polar surface area (TPSA) is 30.5 Å². The quantitative estimate of drug-likeness (QED) is 0.809. The summed E-state index contributed by atoms with van der Waals surface area (Å²) in [6.45, 7) is 2.37. The first-order valence-corrected chi connectivity index (χ1v) is 6.23. The number of rotatable bonds is 2. The summed E-state index contributed by atoms with van der Waals surface area (Å²) in [6, 6.07) is 0.467. The van der Waals surface area contributed by atoms with Crippen LogP contribution in [0, 0.1) is 0 Å². The van der Waals surface area contributed by atoms with Gasteiger partial charge in [0.2, 0.25) is 0 Å². The van der Waals surface area contributed by atoms with E-state index in [1.807, 2.05) is 0 Å². The molecule has 0 radical (unpaired) electrons. The predicted octanol–water partition coefficient (Wildman–Crippen LogP) is 3.58. The van der Waals surface area contributed by atoms with Crippen molar-refractivity contribution in [3.63, 3.8) is 0 Å². The molecule has 0 aromatic carbocycles. The summed E-state index contributed by atoms with van der Waals surface area (Å²) in [5.74, 6) is 0. The molecule has 106 valence electrons. The fourth-order valence-electron chi connectivity index (χ4n) is 2.00. The van der Waals surface area contributed by atoms with Gasteiger partial charge in [-0.25, -0.2) is 0 Å². The molecule has 1 saturated heterocycles. The van der Waals surface area contributed by atoms with Crippen LogP contribution >= 0.6 is 0 Å². The zero-order valence-corrected chi connectivity index (χ0v) is 9.96. The van der Waals surface area contributed by atoms with E-state index in [0.29, 0.717) is 12.8 Å². The van der Waals surface area contributed by atoms with Crippen molar-refractivity contribution in [3.05, 3.63) is 0 Å². The van der Waals surface area contributed by atoms with Gasteiger partial charge in [0.25, 0.3) is 0 Å². The van der Waals surface area contributed by atoms with Crippen molar-refractivity contribution in [2.75, 3.05) is 27.1 Å². The Bertz CT molecular complexity index is 130. The monoisotopic (exact) mass is 247 g/mol. The summed E-state index contributed by atoms with van der Waals surface area (Å²) in [6.07, 6.45) is 9.14. The van der Waals surface area contributed by atoms with E-state index in [0.717, 1.165) is 13.2 Å². The lowest BCUT2D eigenvalue weighted by Crippen LogP contribution is -2.35. The van der Waals surface area contributed by atoms with Crippen LogP contribution < -0.4 is 5.32 Å². The van der Waals surface area contributed by atoms with Crippen LogP contribution in [0.25, 0.3) is 0 Å². The van der Waals surface area contributed by atoms with Crippen molar-refractivity contribution in [2.45, 2.75) is 65.8 Å². The molecule has 1 heterocycles. The summed E-state index contributed by atoms with van der Waals surface area (Å²) >= 11 is 0. The van der Waals surface area contributed by atoms with Crippen LogP contribution in [0.2, 0.25) is 0 Å². The Balaban J connectivity index is 0. The van der Waals surface area contributed by atoms with Gasteiger partial charge in [0.15, 0.2) is 0 Å². The van der Waals surface area contributed by atoms with E-state index in [1.165, 1.54) is 44.9 Å². The third-order valence-electron chi connectivity index (χ3n) is 2.93. The van der Waals surface area contributed by atoms with Gasteiger partial charge in [-0.2, -0.15) is 0 Å². The summed E-state index contributed by atoms with van der Waals surface area (Å²) in [5, 5.41) is 3.39. The zero-order valence-electron chi connectivity index (χ0n) is 9.96. The standard InChI is InChI=1S/C12H25NO2.2CH4/c1-14-10-12-8-6-4-2-3-5-7-9-15-11-13-12;;/h12-13H,2-11H2,1H3;2*1H4. The SMILES string of the molecule is C.C.COCC1CCCCCCCCOCN1. The summed E-state index contributed by atoms with van der Waals surface area (Å²) in [7, 11) is 1.76. The summed E-state index contributed by atoms with van der Waals surface area (Å²) < 4.78 is 10.7. The van der Waals surface area contributed by atoms with E-state index < -0.39 is 0 Å². The maximum absolute atomic E-state index is 5.52. The lowest BCUT2D eigenvalue weighted by atomic mass is 10.1. The van der Waals surface area contributed by atoms with Crippen molar-refractivity contribution in [1.82, 2.24) is 5.32 Å². The van der Waals surface area contributed by atoms with Gasteiger partial charge < -0.3 is 9.47 Å². The Labute approximate surface area is 108 Å². The molecule has 17 heavy (non-hydrogen) atoms. The highest BCUT2D eigenvalue weighted by atomic mass is 16.5. The highest BCUT2D eigenvalue weighted by Gasteiger charge is 2.07. The third-order valence-corrected chi connectivity index (χ3v) is 2.93. The predicted molar refractivity (Wildman–Crippen MR) is 75.4 cm³/mol. The molecular weight excluding hydrogens is 214 g/mol. The highest BCUT2D eigenvalue weighted by Crippen LogP contribution is 2.10. The lowest BCUT2D eigenvalue weighted by Gasteiger charge is -2.18. The minimum Gasteiger partial charge on any atom is -0.383 e. The zero-order chi connectivity index (χ0) is 10.8. The largest absolute Gasteiger partial charge is 0.383 e. The number of ether oxygens (including phenoxy) is 2. The molecule has 1 fully saturated rings. The molecule has 0 aromatic heterocycles. The fourth-order valence-corrected chi connectivity index (χ4v) is 2.00. The smallest absolute Gasteiger partial charge is 0.0968 e. The third kappa shape index (κ3) is 10.7. The Morgan fingerprint density at radius 1 is 1.06 bits per heavy atom. The van der Waals surface area contributed by atoms with E-state index in [1.54, 1.807) is 7.11 Å². The van der Waals surface area contributed by atoms with Gasteiger partial charge in [-0.1, -0.05) is 47.0 Å². The van der Waals surface area contributed by atoms with Crippen molar-refractivity contribution >= 4 is 0 Å². The van der Waals surface area contributed by atoms with Gasteiger partial charge in [-0.05, 0) is 12.8 Å². The molecule has 0 amide bonds. The molecule has 1 aliphatic rings. The van der Waals surface area contributed by atoms with Gasteiger partial charge in [-0.3, -0.25) is 5.32 Å².